The molecule has 0 saturated carbocycles. The molecule has 92 valence electrons. The molecule has 1 aliphatic carbocycles. The van der Waals surface area contributed by atoms with Gasteiger partial charge in [-0.3, -0.25) is 0 Å². The fourth-order valence-corrected chi connectivity index (χ4v) is 2.95. The van der Waals surface area contributed by atoms with E-state index in [1.54, 1.807) is 11.4 Å². The predicted molar refractivity (Wildman–Crippen MR) is 71.9 cm³/mol. The first-order valence-corrected chi connectivity index (χ1v) is 6.71. The van der Waals surface area contributed by atoms with E-state index in [4.69, 9.17) is 10.5 Å². The van der Waals surface area contributed by atoms with Crippen molar-refractivity contribution < 1.29 is 9.53 Å². The topological polar surface area (TPSA) is 52.3 Å². The SMILES string of the molecule is Nc1ccsc1C(=O)OCC1Cc2ccccc21. The number of hydrogen-bond acceptors (Lipinski definition) is 4. The molecule has 2 N–H and O–H groups in total. The third kappa shape index (κ3) is 1.88. The summed E-state index contributed by atoms with van der Waals surface area (Å²) in [5, 5.41) is 1.80. The summed E-state index contributed by atoms with van der Waals surface area (Å²) in [6, 6.07) is 9.99. The summed E-state index contributed by atoms with van der Waals surface area (Å²) >= 11 is 1.32. The number of anilines is 1. The monoisotopic (exact) mass is 259 g/mol. The minimum absolute atomic E-state index is 0.313. The van der Waals surface area contributed by atoms with Gasteiger partial charge in [0.15, 0.2) is 0 Å². The molecule has 0 spiro atoms. The van der Waals surface area contributed by atoms with Crippen LogP contribution < -0.4 is 5.73 Å². The molecule has 1 aromatic heterocycles. The largest absolute Gasteiger partial charge is 0.461 e. The van der Waals surface area contributed by atoms with Crippen molar-refractivity contribution in [2.45, 2.75) is 12.3 Å². The lowest BCUT2D eigenvalue weighted by atomic mass is 9.78. The molecule has 0 saturated heterocycles. The van der Waals surface area contributed by atoms with Crippen LogP contribution in [0, 0.1) is 0 Å². The molecule has 1 atom stereocenters. The Morgan fingerprint density at radius 1 is 1.39 bits per heavy atom. The lowest BCUT2D eigenvalue weighted by molar-refractivity contribution is 0.0476. The summed E-state index contributed by atoms with van der Waals surface area (Å²) < 4.78 is 5.32. The Balaban J connectivity index is 1.61. The van der Waals surface area contributed by atoms with Crippen LogP contribution in [0.25, 0.3) is 0 Å². The second kappa shape index (κ2) is 4.46. The van der Waals surface area contributed by atoms with Gasteiger partial charge in [-0.1, -0.05) is 24.3 Å². The Hall–Kier alpha value is -1.81. The summed E-state index contributed by atoms with van der Waals surface area (Å²) in [6.07, 6.45) is 0.989. The molecule has 1 aliphatic rings. The number of carbonyl (C=O) groups excluding carboxylic acids is 1. The number of hydrogen-bond donors (Lipinski definition) is 1. The number of fused-ring (bicyclic) bond motifs is 1. The zero-order chi connectivity index (χ0) is 12.5. The molecule has 0 bridgehead atoms. The zero-order valence-corrected chi connectivity index (χ0v) is 10.6. The van der Waals surface area contributed by atoms with Crippen molar-refractivity contribution in [3.05, 3.63) is 51.7 Å². The van der Waals surface area contributed by atoms with Crippen LogP contribution in [0.5, 0.6) is 0 Å². The molecule has 3 nitrogen and oxygen atoms in total. The predicted octanol–water partition coefficient (Wildman–Crippen LogP) is 2.83. The number of carbonyl (C=O) groups is 1. The van der Waals surface area contributed by atoms with E-state index in [1.165, 1.54) is 22.5 Å². The summed E-state index contributed by atoms with van der Waals surface area (Å²) in [4.78, 5) is 12.3. The van der Waals surface area contributed by atoms with Gasteiger partial charge in [0.25, 0.3) is 0 Å². The Morgan fingerprint density at radius 3 is 2.94 bits per heavy atom. The molecule has 1 heterocycles. The summed E-state index contributed by atoms with van der Waals surface area (Å²) in [5.74, 6) is 0.0261. The third-order valence-electron chi connectivity index (χ3n) is 3.26. The number of thiophene rings is 1. The highest BCUT2D eigenvalue weighted by Crippen LogP contribution is 2.35. The number of nitrogens with two attached hydrogens (primary N) is 1. The van der Waals surface area contributed by atoms with Gasteiger partial charge in [0.05, 0.1) is 12.3 Å². The summed E-state index contributed by atoms with van der Waals surface area (Å²) in [5.41, 5.74) is 8.83. The van der Waals surface area contributed by atoms with Crippen molar-refractivity contribution in [1.29, 1.82) is 0 Å². The van der Waals surface area contributed by atoms with E-state index in [9.17, 15) is 4.79 Å². The van der Waals surface area contributed by atoms with Gasteiger partial charge in [0.1, 0.15) is 4.88 Å². The second-order valence-corrected chi connectivity index (χ2v) is 5.32. The third-order valence-corrected chi connectivity index (χ3v) is 4.17. The Labute approximate surface area is 109 Å². The standard InChI is InChI=1S/C14H13NO2S/c15-12-5-6-18-13(12)14(16)17-8-10-7-9-3-1-2-4-11(9)10/h1-6,10H,7-8,15H2. The minimum Gasteiger partial charge on any atom is -0.461 e. The van der Waals surface area contributed by atoms with Gasteiger partial charge in [0.2, 0.25) is 0 Å². The van der Waals surface area contributed by atoms with Crippen LogP contribution >= 0.6 is 11.3 Å². The lowest BCUT2D eigenvalue weighted by Crippen LogP contribution is -2.23. The fourth-order valence-electron chi connectivity index (χ4n) is 2.24. The quantitative estimate of drug-likeness (QED) is 0.862. The molecule has 0 aliphatic heterocycles. The van der Waals surface area contributed by atoms with Crippen LogP contribution in [0.2, 0.25) is 0 Å². The van der Waals surface area contributed by atoms with E-state index >= 15 is 0 Å². The molecule has 0 radical (unpaired) electrons. The Morgan fingerprint density at radius 2 is 2.22 bits per heavy atom. The number of nitrogen functional groups attached to an aromatic ring is 1. The second-order valence-electron chi connectivity index (χ2n) is 4.40. The van der Waals surface area contributed by atoms with Crippen LogP contribution in [0.1, 0.15) is 26.7 Å². The number of ether oxygens (including phenoxy) is 1. The normalized spacial score (nSPS) is 16.8. The first kappa shape index (κ1) is 11.3. The number of benzene rings is 1. The van der Waals surface area contributed by atoms with Crippen molar-refractivity contribution in [2.24, 2.45) is 0 Å². The highest BCUT2D eigenvalue weighted by molar-refractivity contribution is 7.12. The van der Waals surface area contributed by atoms with Crippen molar-refractivity contribution in [1.82, 2.24) is 0 Å². The maximum atomic E-state index is 11.8. The van der Waals surface area contributed by atoms with Gasteiger partial charge >= 0.3 is 5.97 Å². The summed E-state index contributed by atoms with van der Waals surface area (Å²) in [7, 11) is 0. The van der Waals surface area contributed by atoms with Gasteiger partial charge < -0.3 is 10.5 Å². The van der Waals surface area contributed by atoms with Crippen LogP contribution in [-0.4, -0.2) is 12.6 Å². The number of rotatable bonds is 3. The molecule has 1 aromatic carbocycles. The van der Waals surface area contributed by atoms with Crippen molar-refractivity contribution in [3.63, 3.8) is 0 Å². The maximum absolute atomic E-state index is 11.8. The minimum atomic E-state index is -0.313. The maximum Gasteiger partial charge on any atom is 0.350 e. The van der Waals surface area contributed by atoms with E-state index in [-0.39, 0.29) is 5.97 Å². The van der Waals surface area contributed by atoms with E-state index < -0.39 is 0 Å². The van der Waals surface area contributed by atoms with E-state index in [0.29, 0.717) is 23.1 Å². The Bertz CT molecular complexity index is 591. The first-order valence-electron chi connectivity index (χ1n) is 5.83. The average Bonchev–Trinajstić information content (AvgIpc) is 2.76. The summed E-state index contributed by atoms with van der Waals surface area (Å²) in [6.45, 7) is 0.438. The van der Waals surface area contributed by atoms with Crippen LogP contribution in [0.3, 0.4) is 0 Å². The van der Waals surface area contributed by atoms with E-state index in [1.807, 2.05) is 12.1 Å². The van der Waals surface area contributed by atoms with Gasteiger partial charge in [0, 0.05) is 5.92 Å². The highest BCUT2D eigenvalue weighted by atomic mass is 32.1. The lowest BCUT2D eigenvalue weighted by Gasteiger charge is -2.29. The molecule has 0 fully saturated rings. The molecule has 1 unspecified atom stereocenters. The molecule has 3 rings (SSSR count). The Kier molecular flexibility index (Phi) is 2.80. The van der Waals surface area contributed by atoms with E-state index in [2.05, 4.69) is 12.1 Å². The average molecular weight is 259 g/mol. The van der Waals surface area contributed by atoms with Crippen molar-refractivity contribution >= 4 is 23.0 Å². The van der Waals surface area contributed by atoms with E-state index in [0.717, 1.165) is 6.42 Å². The molecular weight excluding hydrogens is 246 g/mol. The molecule has 4 heteroatoms. The highest BCUT2D eigenvalue weighted by Gasteiger charge is 2.27. The van der Waals surface area contributed by atoms with Crippen LogP contribution in [0.4, 0.5) is 5.69 Å². The van der Waals surface area contributed by atoms with Gasteiger partial charge in [-0.05, 0) is 29.0 Å². The van der Waals surface area contributed by atoms with Gasteiger partial charge in [-0.25, -0.2) is 4.79 Å². The fraction of sp³-hybridized carbons (Fsp3) is 0.214. The van der Waals surface area contributed by atoms with Crippen LogP contribution in [-0.2, 0) is 11.2 Å². The van der Waals surface area contributed by atoms with Crippen molar-refractivity contribution in [2.75, 3.05) is 12.3 Å². The first-order chi connectivity index (χ1) is 8.75. The van der Waals surface area contributed by atoms with Gasteiger partial charge in [-0.2, -0.15) is 0 Å². The zero-order valence-electron chi connectivity index (χ0n) is 9.76. The number of esters is 1. The van der Waals surface area contributed by atoms with Gasteiger partial charge in [-0.15, -0.1) is 11.3 Å². The van der Waals surface area contributed by atoms with Crippen molar-refractivity contribution in [3.8, 4) is 0 Å². The molecule has 0 amide bonds. The molecular formula is C14H13NO2S. The molecule has 18 heavy (non-hydrogen) atoms. The molecule has 2 aromatic rings. The smallest absolute Gasteiger partial charge is 0.350 e. The van der Waals surface area contributed by atoms with Crippen LogP contribution in [0.15, 0.2) is 35.7 Å².